The lowest BCUT2D eigenvalue weighted by atomic mass is 9.94. The third-order valence-electron chi connectivity index (χ3n) is 5.41. The molecule has 4 rings (SSSR count). The number of carbonyl (C=O) groups excluding carboxylic acids is 1. The number of carbonyl (C=O) groups is 1. The number of hydrogen-bond donors (Lipinski definition) is 0. The number of rotatable bonds is 6. The number of thiazole rings is 1. The van der Waals surface area contributed by atoms with Gasteiger partial charge in [-0.2, -0.15) is 0 Å². The van der Waals surface area contributed by atoms with E-state index < -0.39 is 12.0 Å². The summed E-state index contributed by atoms with van der Waals surface area (Å²) in [5.74, 6) is -0.0595. The fourth-order valence-electron chi connectivity index (χ4n) is 3.92. The Morgan fingerprint density at radius 2 is 1.91 bits per heavy atom. The van der Waals surface area contributed by atoms with E-state index in [0.29, 0.717) is 37.7 Å². The fraction of sp³-hybridized carbons (Fsp3) is 0.240. The second-order valence-corrected chi connectivity index (χ2v) is 8.45. The average Bonchev–Trinajstić information content (AvgIpc) is 3.13. The molecule has 3 aromatic rings. The van der Waals surface area contributed by atoms with E-state index in [-0.39, 0.29) is 23.6 Å². The van der Waals surface area contributed by atoms with Gasteiger partial charge in [-0.1, -0.05) is 35.6 Å². The van der Waals surface area contributed by atoms with Gasteiger partial charge in [0.1, 0.15) is 11.9 Å². The first kappa shape index (κ1) is 23.4. The van der Waals surface area contributed by atoms with Gasteiger partial charge in [0.25, 0.3) is 5.56 Å². The van der Waals surface area contributed by atoms with Crippen LogP contribution in [0.5, 0.6) is 11.5 Å². The molecule has 2 aromatic carbocycles. The molecule has 2 heterocycles. The van der Waals surface area contributed by atoms with Crippen molar-refractivity contribution >= 4 is 23.4 Å². The SMILES string of the molecule is CCOC(=O)C1=C(C)N=c2s/c(=C\c3ccc(F)cc3)c(=O)n2C1c1cccc(OC)c1OC. The Morgan fingerprint density at radius 1 is 1.18 bits per heavy atom. The minimum absolute atomic E-state index is 0.173. The average molecular weight is 483 g/mol. The number of esters is 1. The van der Waals surface area contributed by atoms with E-state index in [1.165, 1.54) is 42.3 Å². The van der Waals surface area contributed by atoms with Crippen LogP contribution in [0.15, 0.2) is 63.5 Å². The van der Waals surface area contributed by atoms with Crippen LogP contribution in [0.4, 0.5) is 4.39 Å². The van der Waals surface area contributed by atoms with Gasteiger partial charge in [-0.15, -0.1) is 0 Å². The zero-order valence-corrected chi connectivity index (χ0v) is 19.9. The highest BCUT2D eigenvalue weighted by Gasteiger charge is 2.35. The molecule has 0 N–H and O–H groups in total. The highest BCUT2D eigenvalue weighted by Crippen LogP contribution is 2.40. The van der Waals surface area contributed by atoms with E-state index in [0.717, 1.165) is 0 Å². The topological polar surface area (TPSA) is 79.1 Å². The molecule has 0 amide bonds. The predicted octanol–water partition coefficient (Wildman–Crippen LogP) is 2.95. The number of fused-ring (bicyclic) bond motifs is 1. The van der Waals surface area contributed by atoms with Gasteiger partial charge in [-0.25, -0.2) is 14.2 Å². The Hall–Kier alpha value is -3.72. The van der Waals surface area contributed by atoms with Gasteiger partial charge in [0.2, 0.25) is 0 Å². The molecule has 0 fully saturated rings. The van der Waals surface area contributed by atoms with E-state index >= 15 is 0 Å². The molecule has 0 spiro atoms. The lowest BCUT2D eigenvalue weighted by Gasteiger charge is -2.26. The molecule has 0 saturated carbocycles. The van der Waals surface area contributed by atoms with Crippen LogP contribution in [0, 0.1) is 5.82 Å². The Labute approximate surface area is 199 Å². The van der Waals surface area contributed by atoms with E-state index in [2.05, 4.69) is 4.99 Å². The highest BCUT2D eigenvalue weighted by atomic mass is 32.1. The van der Waals surface area contributed by atoms with Crippen molar-refractivity contribution in [3.05, 3.63) is 90.4 Å². The maximum absolute atomic E-state index is 13.6. The zero-order valence-electron chi connectivity index (χ0n) is 19.1. The number of ether oxygens (including phenoxy) is 3. The van der Waals surface area contributed by atoms with Gasteiger partial charge in [0, 0.05) is 5.56 Å². The van der Waals surface area contributed by atoms with Gasteiger partial charge < -0.3 is 14.2 Å². The zero-order chi connectivity index (χ0) is 24.4. The van der Waals surface area contributed by atoms with Crippen LogP contribution in [0.2, 0.25) is 0 Å². The van der Waals surface area contributed by atoms with Crippen molar-refractivity contribution in [3.8, 4) is 11.5 Å². The number of nitrogens with zero attached hydrogens (tertiary/aromatic N) is 2. The number of benzene rings is 2. The minimum atomic E-state index is -0.837. The number of aromatic nitrogens is 1. The first-order valence-corrected chi connectivity index (χ1v) is 11.4. The van der Waals surface area contributed by atoms with Crippen LogP contribution in [-0.2, 0) is 9.53 Å². The summed E-state index contributed by atoms with van der Waals surface area (Å²) in [6, 6.07) is 10.3. The largest absolute Gasteiger partial charge is 0.493 e. The molecular formula is C25H23FN2O5S. The molecule has 1 atom stereocenters. The van der Waals surface area contributed by atoms with Gasteiger partial charge in [0.05, 0.1) is 36.6 Å². The van der Waals surface area contributed by atoms with Crippen molar-refractivity contribution in [2.75, 3.05) is 20.8 Å². The highest BCUT2D eigenvalue weighted by molar-refractivity contribution is 7.07. The van der Waals surface area contributed by atoms with Crippen LogP contribution in [0.3, 0.4) is 0 Å². The summed E-state index contributed by atoms with van der Waals surface area (Å²) in [5.41, 5.74) is 1.59. The van der Waals surface area contributed by atoms with E-state index in [4.69, 9.17) is 14.2 Å². The van der Waals surface area contributed by atoms with Gasteiger partial charge >= 0.3 is 5.97 Å². The molecule has 1 aliphatic heterocycles. The molecule has 176 valence electrons. The number of halogens is 1. The molecule has 1 unspecified atom stereocenters. The molecule has 0 bridgehead atoms. The number of allylic oxidation sites excluding steroid dienone is 1. The van der Waals surface area contributed by atoms with Crippen LogP contribution < -0.4 is 24.4 Å². The predicted molar refractivity (Wildman–Crippen MR) is 126 cm³/mol. The number of methoxy groups -OCH3 is 2. The van der Waals surface area contributed by atoms with Crippen molar-refractivity contribution in [2.24, 2.45) is 4.99 Å². The Kier molecular flexibility index (Phi) is 6.65. The van der Waals surface area contributed by atoms with Crippen molar-refractivity contribution in [3.63, 3.8) is 0 Å². The molecule has 1 aromatic heterocycles. The summed E-state index contributed by atoms with van der Waals surface area (Å²) in [4.78, 5) is 31.6. The van der Waals surface area contributed by atoms with Crippen LogP contribution in [0.1, 0.15) is 31.0 Å². The minimum Gasteiger partial charge on any atom is -0.493 e. The summed E-state index contributed by atoms with van der Waals surface area (Å²) in [6.07, 6.45) is 1.67. The fourth-order valence-corrected chi connectivity index (χ4v) is 4.97. The summed E-state index contributed by atoms with van der Waals surface area (Å²) in [5, 5.41) is 0. The molecule has 0 aliphatic carbocycles. The van der Waals surface area contributed by atoms with Crippen molar-refractivity contribution in [1.82, 2.24) is 4.57 Å². The second-order valence-electron chi connectivity index (χ2n) is 7.44. The van der Waals surface area contributed by atoms with E-state index in [9.17, 15) is 14.0 Å². The summed E-state index contributed by atoms with van der Waals surface area (Å²) < 4.78 is 31.6. The van der Waals surface area contributed by atoms with Gasteiger partial charge in [-0.3, -0.25) is 9.36 Å². The first-order chi connectivity index (χ1) is 16.4. The summed E-state index contributed by atoms with van der Waals surface area (Å²) in [7, 11) is 3.02. The lowest BCUT2D eigenvalue weighted by molar-refractivity contribution is -0.139. The normalized spacial score (nSPS) is 15.6. The van der Waals surface area contributed by atoms with E-state index in [1.54, 1.807) is 50.3 Å². The smallest absolute Gasteiger partial charge is 0.338 e. The van der Waals surface area contributed by atoms with E-state index in [1.807, 2.05) is 0 Å². The van der Waals surface area contributed by atoms with Gasteiger partial charge in [-0.05, 0) is 43.7 Å². The van der Waals surface area contributed by atoms with Crippen LogP contribution >= 0.6 is 11.3 Å². The molecule has 0 radical (unpaired) electrons. The summed E-state index contributed by atoms with van der Waals surface area (Å²) in [6.45, 7) is 3.60. The maximum atomic E-state index is 13.6. The lowest BCUT2D eigenvalue weighted by Crippen LogP contribution is -2.40. The molecule has 1 aliphatic rings. The third-order valence-corrected chi connectivity index (χ3v) is 6.40. The second kappa shape index (κ2) is 9.64. The Bertz CT molecular complexity index is 1450. The summed E-state index contributed by atoms with van der Waals surface area (Å²) >= 11 is 1.19. The molecule has 9 heteroatoms. The van der Waals surface area contributed by atoms with Crippen molar-refractivity contribution < 1.29 is 23.4 Å². The Balaban J connectivity index is 2.01. The first-order valence-electron chi connectivity index (χ1n) is 10.6. The van der Waals surface area contributed by atoms with Crippen molar-refractivity contribution in [2.45, 2.75) is 19.9 Å². The van der Waals surface area contributed by atoms with Crippen LogP contribution in [0.25, 0.3) is 6.08 Å². The Morgan fingerprint density at radius 3 is 2.56 bits per heavy atom. The molecular weight excluding hydrogens is 459 g/mol. The van der Waals surface area contributed by atoms with Crippen LogP contribution in [-0.4, -0.2) is 31.4 Å². The molecule has 0 saturated heterocycles. The monoisotopic (exact) mass is 482 g/mol. The molecule has 34 heavy (non-hydrogen) atoms. The standard InChI is InChI=1S/C25H23FN2O5S/c1-5-33-24(30)20-14(2)27-25-28(21(20)17-7-6-8-18(31-3)22(17)32-4)23(29)19(34-25)13-15-9-11-16(26)12-10-15/h6-13,21H,5H2,1-4H3/b19-13-. The van der Waals surface area contributed by atoms with Gasteiger partial charge in [0.15, 0.2) is 16.3 Å². The molecule has 7 nitrogen and oxygen atoms in total. The quantitative estimate of drug-likeness (QED) is 0.505. The number of para-hydroxylation sites is 1. The third kappa shape index (κ3) is 4.14. The maximum Gasteiger partial charge on any atom is 0.338 e. The number of hydrogen-bond acceptors (Lipinski definition) is 7. The van der Waals surface area contributed by atoms with Crippen molar-refractivity contribution in [1.29, 1.82) is 0 Å².